The molecule has 0 saturated carbocycles. The molecular weight excluding hydrogens is 241 g/mol. The first-order valence-electron chi connectivity index (χ1n) is 5.44. The Balaban J connectivity index is 2.37. The van der Waals surface area contributed by atoms with Gasteiger partial charge in [0.05, 0.1) is 19.8 Å². The van der Waals surface area contributed by atoms with Crippen molar-refractivity contribution in [2.75, 3.05) is 39.3 Å². The molecule has 0 aromatic heterocycles. The van der Waals surface area contributed by atoms with Crippen molar-refractivity contribution in [3.63, 3.8) is 0 Å². The van der Waals surface area contributed by atoms with E-state index in [1.807, 2.05) is 0 Å². The number of methoxy groups -OCH3 is 1. The van der Waals surface area contributed by atoms with Crippen LogP contribution in [0.2, 0.25) is 0 Å². The van der Waals surface area contributed by atoms with Crippen LogP contribution in [-0.2, 0) is 14.2 Å². The zero-order valence-corrected chi connectivity index (χ0v) is 10.1. The molecule has 2 N–H and O–H groups in total. The second-order valence-electron chi connectivity index (χ2n) is 3.45. The predicted octanol–water partition coefficient (Wildman–Crippen LogP) is 1.23. The Morgan fingerprint density at radius 2 is 2.00 bits per heavy atom. The quantitative estimate of drug-likeness (QED) is 0.452. The molecule has 0 spiro atoms. The number of halogens is 1. The number of hydrogen-bond donors (Lipinski definition) is 1. The van der Waals surface area contributed by atoms with Crippen LogP contribution in [0.5, 0.6) is 0 Å². The lowest BCUT2D eigenvalue weighted by Crippen LogP contribution is -2.15. The summed E-state index contributed by atoms with van der Waals surface area (Å²) in [4.78, 5) is 11.6. The van der Waals surface area contributed by atoms with Gasteiger partial charge in [-0.3, -0.25) is 0 Å². The van der Waals surface area contributed by atoms with Crippen LogP contribution < -0.4 is 5.73 Å². The maximum absolute atomic E-state index is 13.3. The first-order valence-corrected chi connectivity index (χ1v) is 5.44. The third-order valence-corrected chi connectivity index (χ3v) is 2.14. The Hall–Kier alpha value is -1.66. The predicted molar refractivity (Wildman–Crippen MR) is 63.8 cm³/mol. The molecular formula is C12H16FNO4. The number of ether oxygens (including phenoxy) is 3. The Bertz CT molecular complexity index is 377. The summed E-state index contributed by atoms with van der Waals surface area (Å²) in [5.74, 6) is -1.48. The van der Waals surface area contributed by atoms with Crippen LogP contribution in [0.1, 0.15) is 10.4 Å². The molecule has 1 rings (SSSR count). The Morgan fingerprint density at radius 1 is 1.28 bits per heavy atom. The van der Waals surface area contributed by atoms with Gasteiger partial charge >= 0.3 is 5.97 Å². The highest BCUT2D eigenvalue weighted by atomic mass is 19.1. The molecule has 0 amide bonds. The zero-order valence-electron chi connectivity index (χ0n) is 10.1. The van der Waals surface area contributed by atoms with Crippen molar-refractivity contribution in [2.24, 2.45) is 0 Å². The van der Waals surface area contributed by atoms with Crippen molar-refractivity contribution < 1.29 is 23.4 Å². The molecule has 0 radical (unpaired) electrons. The monoisotopic (exact) mass is 257 g/mol. The van der Waals surface area contributed by atoms with E-state index >= 15 is 0 Å². The van der Waals surface area contributed by atoms with Gasteiger partial charge in [0, 0.05) is 12.8 Å². The fraction of sp³-hybridized carbons (Fsp3) is 0.417. The third kappa shape index (κ3) is 4.31. The Labute approximate surface area is 105 Å². The molecule has 1 aromatic carbocycles. The molecule has 0 saturated heterocycles. The van der Waals surface area contributed by atoms with Gasteiger partial charge in [-0.2, -0.15) is 0 Å². The number of nitrogens with two attached hydrogens (primary N) is 1. The molecule has 0 bridgehead atoms. The summed E-state index contributed by atoms with van der Waals surface area (Å²) in [7, 11) is 1.56. The number of carbonyl (C=O) groups is 1. The number of hydrogen-bond acceptors (Lipinski definition) is 5. The first kappa shape index (κ1) is 14.4. The summed E-state index contributed by atoms with van der Waals surface area (Å²) in [5.41, 5.74) is 5.32. The molecule has 5 nitrogen and oxygen atoms in total. The molecule has 0 aliphatic heterocycles. The van der Waals surface area contributed by atoms with Gasteiger partial charge in [0.25, 0.3) is 0 Å². The average Bonchev–Trinajstić information content (AvgIpc) is 2.33. The summed E-state index contributed by atoms with van der Waals surface area (Å²) >= 11 is 0. The standard InChI is InChI=1S/C12H16FNO4/c1-16-5-6-17-7-8-18-12(15)11-9(13)3-2-4-10(11)14/h2-4H,5-8,14H2,1H3. The fourth-order valence-electron chi connectivity index (χ4n) is 1.27. The van der Waals surface area contributed by atoms with Crippen molar-refractivity contribution >= 4 is 11.7 Å². The summed E-state index contributed by atoms with van der Waals surface area (Å²) in [6.07, 6.45) is 0. The van der Waals surface area contributed by atoms with E-state index in [-0.39, 0.29) is 24.5 Å². The topological polar surface area (TPSA) is 70.8 Å². The highest BCUT2D eigenvalue weighted by Crippen LogP contribution is 2.16. The van der Waals surface area contributed by atoms with Gasteiger partial charge < -0.3 is 19.9 Å². The Morgan fingerprint density at radius 3 is 2.67 bits per heavy atom. The van der Waals surface area contributed by atoms with Crippen LogP contribution in [0.3, 0.4) is 0 Å². The van der Waals surface area contributed by atoms with Gasteiger partial charge in [0.15, 0.2) is 0 Å². The van der Waals surface area contributed by atoms with Crippen LogP contribution in [0, 0.1) is 5.82 Å². The highest BCUT2D eigenvalue weighted by molar-refractivity contribution is 5.95. The molecule has 100 valence electrons. The molecule has 0 aliphatic rings. The van der Waals surface area contributed by atoms with Crippen molar-refractivity contribution in [1.82, 2.24) is 0 Å². The van der Waals surface area contributed by atoms with Crippen molar-refractivity contribution in [2.45, 2.75) is 0 Å². The second-order valence-corrected chi connectivity index (χ2v) is 3.45. The average molecular weight is 257 g/mol. The van der Waals surface area contributed by atoms with Crippen LogP contribution in [0.4, 0.5) is 10.1 Å². The van der Waals surface area contributed by atoms with E-state index < -0.39 is 11.8 Å². The molecule has 6 heteroatoms. The van der Waals surface area contributed by atoms with E-state index in [2.05, 4.69) is 0 Å². The van der Waals surface area contributed by atoms with E-state index in [4.69, 9.17) is 19.9 Å². The van der Waals surface area contributed by atoms with E-state index in [9.17, 15) is 9.18 Å². The number of nitrogen functional groups attached to an aromatic ring is 1. The van der Waals surface area contributed by atoms with Crippen molar-refractivity contribution in [1.29, 1.82) is 0 Å². The van der Waals surface area contributed by atoms with E-state index in [0.717, 1.165) is 6.07 Å². The van der Waals surface area contributed by atoms with Crippen molar-refractivity contribution in [3.05, 3.63) is 29.6 Å². The van der Waals surface area contributed by atoms with Gasteiger partial charge in [-0.1, -0.05) is 6.07 Å². The van der Waals surface area contributed by atoms with Crippen LogP contribution >= 0.6 is 0 Å². The molecule has 0 unspecified atom stereocenters. The highest BCUT2D eigenvalue weighted by Gasteiger charge is 2.16. The van der Waals surface area contributed by atoms with Crippen molar-refractivity contribution in [3.8, 4) is 0 Å². The van der Waals surface area contributed by atoms with E-state index in [1.165, 1.54) is 12.1 Å². The zero-order chi connectivity index (χ0) is 13.4. The fourth-order valence-corrected chi connectivity index (χ4v) is 1.27. The van der Waals surface area contributed by atoms with Gasteiger partial charge in [0.2, 0.25) is 0 Å². The van der Waals surface area contributed by atoms with Crippen LogP contribution in [0.15, 0.2) is 18.2 Å². The van der Waals surface area contributed by atoms with Crippen LogP contribution in [0.25, 0.3) is 0 Å². The SMILES string of the molecule is COCCOCCOC(=O)c1c(N)cccc1F. The number of esters is 1. The summed E-state index contributed by atoms with van der Waals surface area (Å²) in [6.45, 7) is 1.14. The molecule has 1 aromatic rings. The molecule has 18 heavy (non-hydrogen) atoms. The third-order valence-electron chi connectivity index (χ3n) is 2.14. The summed E-state index contributed by atoms with van der Waals surface area (Å²) < 4.78 is 28.1. The van der Waals surface area contributed by atoms with Crippen LogP contribution in [-0.4, -0.2) is 39.5 Å². The minimum atomic E-state index is -0.791. The second kappa shape index (κ2) is 7.62. The lowest BCUT2D eigenvalue weighted by atomic mass is 10.2. The molecule has 0 fully saturated rings. The maximum Gasteiger partial charge on any atom is 0.343 e. The van der Waals surface area contributed by atoms with Gasteiger partial charge in [-0.25, -0.2) is 9.18 Å². The number of rotatable bonds is 7. The van der Waals surface area contributed by atoms with Gasteiger partial charge in [-0.15, -0.1) is 0 Å². The molecule has 0 atom stereocenters. The van der Waals surface area contributed by atoms with Gasteiger partial charge in [0.1, 0.15) is 18.0 Å². The first-order chi connectivity index (χ1) is 8.66. The smallest absolute Gasteiger partial charge is 0.343 e. The maximum atomic E-state index is 13.3. The lowest BCUT2D eigenvalue weighted by Gasteiger charge is -2.08. The summed E-state index contributed by atoms with van der Waals surface area (Å²) in [5, 5.41) is 0. The normalized spacial score (nSPS) is 10.3. The number of anilines is 1. The van der Waals surface area contributed by atoms with Gasteiger partial charge in [-0.05, 0) is 12.1 Å². The Kier molecular flexibility index (Phi) is 6.10. The largest absolute Gasteiger partial charge is 0.460 e. The number of carbonyl (C=O) groups excluding carboxylic acids is 1. The molecule has 0 heterocycles. The minimum Gasteiger partial charge on any atom is -0.460 e. The van der Waals surface area contributed by atoms with E-state index in [1.54, 1.807) is 7.11 Å². The summed E-state index contributed by atoms with van der Waals surface area (Å²) in [6, 6.07) is 4.02. The minimum absolute atomic E-state index is 0.0380. The van der Waals surface area contributed by atoms with E-state index in [0.29, 0.717) is 13.2 Å². The lowest BCUT2D eigenvalue weighted by molar-refractivity contribution is 0.0211. The number of benzene rings is 1. The molecule has 0 aliphatic carbocycles.